The molecule has 1 rings (SSSR count). The summed E-state index contributed by atoms with van der Waals surface area (Å²) in [6, 6.07) is 5.75. The van der Waals surface area contributed by atoms with Crippen molar-refractivity contribution in [1.29, 1.82) is 0 Å². The molecule has 0 spiro atoms. The smallest absolute Gasteiger partial charge is 0.241 e. The number of hydrogen-bond donors (Lipinski definition) is 2. The van der Waals surface area contributed by atoms with Crippen LogP contribution in [0, 0.1) is 0 Å². The molecule has 1 aromatic carbocycles. The number of carbonyl (C=O) groups excluding carboxylic acids is 1. The van der Waals surface area contributed by atoms with Gasteiger partial charge in [0, 0.05) is 19.8 Å². The van der Waals surface area contributed by atoms with E-state index in [1.807, 2.05) is 0 Å². The lowest BCUT2D eigenvalue weighted by Gasteiger charge is -2.11. The summed E-state index contributed by atoms with van der Waals surface area (Å²) in [5.41, 5.74) is 5.94. The second-order valence-corrected chi connectivity index (χ2v) is 5.45. The van der Waals surface area contributed by atoms with Crippen molar-refractivity contribution < 1.29 is 13.2 Å². The highest BCUT2D eigenvalue weighted by Gasteiger charge is 2.15. The van der Waals surface area contributed by atoms with Crippen LogP contribution >= 0.6 is 0 Å². The SMILES string of the molecule is CN(C)C(=O)CNS(=O)(=O)c1ccc(N)cc1. The maximum absolute atomic E-state index is 11.7. The first-order chi connectivity index (χ1) is 7.83. The van der Waals surface area contributed by atoms with Gasteiger partial charge in [-0.05, 0) is 24.3 Å². The molecule has 3 N–H and O–H groups in total. The van der Waals surface area contributed by atoms with Crippen LogP contribution in [0.2, 0.25) is 0 Å². The van der Waals surface area contributed by atoms with Gasteiger partial charge in [0.05, 0.1) is 11.4 Å². The predicted molar refractivity (Wildman–Crippen MR) is 64.7 cm³/mol. The quantitative estimate of drug-likeness (QED) is 0.720. The largest absolute Gasteiger partial charge is 0.399 e. The van der Waals surface area contributed by atoms with E-state index in [1.54, 1.807) is 14.1 Å². The first kappa shape index (κ1) is 13.5. The van der Waals surface area contributed by atoms with Gasteiger partial charge in [-0.25, -0.2) is 13.1 Å². The summed E-state index contributed by atoms with van der Waals surface area (Å²) < 4.78 is 25.7. The molecule has 1 amide bonds. The number of rotatable bonds is 4. The topological polar surface area (TPSA) is 92.5 Å². The average Bonchev–Trinajstić information content (AvgIpc) is 2.26. The molecule has 0 aromatic heterocycles. The zero-order valence-electron chi connectivity index (χ0n) is 9.67. The van der Waals surface area contributed by atoms with Crippen molar-refractivity contribution in [3.05, 3.63) is 24.3 Å². The number of nitrogens with one attached hydrogen (secondary N) is 1. The molecule has 0 saturated carbocycles. The van der Waals surface area contributed by atoms with Crippen molar-refractivity contribution in [2.75, 3.05) is 26.4 Å². The van der Waals surface area contributed by atoms with Gasteiger partial charge in [0.1, 0.15) is 0 Å². The fraction of sp³-hybridized carbons (Fsp3) is 0.300. The van der Waals surface area contributed by atoms with Crippen LogP contribution in [0.4, 0.5) is 5.69 Å². The summed E-state index contributed by atoms with van der Waals surface area (Å²) in [6.07, 6.45) is 0. The molecule has 1 aromatic rings. The van der Waals surface area contributed by atoms with Crippen molar-refractivity contribution >= 4 is 21.6 Å². The minimum Gasteiger partial charge on any atom is -0.399 e. The molecule has 94 valence electrons. The van der Waals surface area contributed by atoms with Crippen LogP contribution in [0.3, 0.4) is 0 Å². The average molecular weight is 257 g/mol. The Kier molecular flexibility index (Phi) is 4.08. The molecule has 0 aliphatic carbocycles. The number of anilines is 1. The molecule has 6 nitrogen and oxygen atoms in total. The number of amides is 1. The molecule has 7 heteroatoms. The Morgan fingerprint density at radius 2 is 1.82 bits per heavy atom. The van der Waals surface area contributed by atoms with Crippen molar-refractivity contribution in [1.82, 2.24) is 9.62 Å². The Bertz CT molecular complexity index is 494. The van der Waals surface area contributed by atoms with Gasteiger partial charge in [-0.1, -0.05) is 0 Å². The van der Waals surface area contributed by atoms with Crippen LogP contribution in [-0.2, 0) is 14.8 Å². The summed E-state index contributed by atoms with van der Waals surface area (Å²) >= 11 is 0. The third kappa shape index (κ3) is 3.72. The van der Waals surface area contributed by atoms with Crippen LogP contribution in [0.1, 0.15) is 0 Å². The summed E-state index contributed by atoms with van der Waals surface area (Å²) in [6.45, 7) is -0.264. The normalized spacial score (nSPS) is 11.2. The first-order valence-corrected chi connectivity index (χ1v) is 6.36. The third-order valence-electron chi connectivity index (χ3n) is 2.10. The number of nitrogens with two attached hydrogens (primary N) is 1. The molecule has 17 heavy (non-hydrogen) atoms. The van der Waals surface area contributed by atoms with E-state index in [2.05, 4.69) is 4.72 Å². The molecule has 0 saturated heterocycles. The highest BCUT2D eigenvalue weighted by molar-refractivity contribution is 7.89. The monoisotopic (exact) mass is 257 g/mol. The molecule has 0 bridgehead atoms. The summed E-state index contributed by atoms with van der Waals surface area (Å²) in [4.78, 5) is 12.6. The molecule has 0 fully saturated rings. The van der Waals surface area contributed by atoms with Crippen molar-refractivity contribution in [2.24, 2.45) is 0 Å². The highest BCUT2D eigenvalue weighted by atomic mass is 32.2. The van der Waals surface area contributed by atoms with Gasteiger partial charge >= 0.3 is 0 Å². The number of nitrogens with zero attached hydrogens (tertiary/aromatic N) is 1. The number of likely N-dealkylation sites (N-methyl/N-ethyl adjacent to an activating group) is 1. The van der Waals surface area contributed by atoms with Crippen LogP contribution in [0.5, 0.6) is 0 Å². The van der Waals surface area contributed by atoms with Gasteiger partial charge in [0.15, 0.2) is 0 Å². The Morgan fingerprint density at radius 1 is 1.29 bits per heavy atom. The Hall–Kier alpha value is -1.60. The van der Waals surface area contributed by atoms with E-state index in [0.29, 0.717) is 5.69 Å². The van der Waals surface area contributed by atoms with E-state index in [0.717, 1.165) is 0 Å². The summed E-state index contributed by atoms with van der Waals surface area (Å²) in [5.74, 6) is -0.316. The minimum atomic E-state index is -3.66. The van der Waals surface area contributed by atoms with Crippen LogP contribution in [0.15, 0.2) is 29.2 Å². The maximum atomic E-state index is 11.7. The molecule has 0 aliphatic heterocycles. The standard InChI is InChI=1S/C10H15N3O3S/c1-13(2)10(14)7-12-17(15,16)9-5-3-8(11)4-6-9/h3-6,12H,7,11H2,1-2H3. The van der Waals surface area contributed by atoms with Crippen LogP contribution < -0.4 is 10.5 Å². The molecule has 0 radical (unpaired) electrons. The zero-order chi connectivity index (χ0) is 13.1. The second kappa shape index (κ2) is 5.15. The van der Waals surface area contributed by atoms with Crippen LogP contribution in [-0.4, -0.2) is 39.9 Å². The van der Waals surface area contributed by atoms with Gasteiger partial charge < -0.3 is 10.6 Å². The fourth-order valence-corrected chi connectivity index (χ4v) is 2.02. The number of carbonyl (C=O) groups is 1. The van der Waals surface area contributed by atoms with E-state index in [-0.39, 0.29) is 17.3 Å². The highest BCUT2D eigenvalue weighted by Crippen LogP contribution is 2.10. The number of benzene rings is 1. The van der Waals surface area contributed by atoms with Crippen LogP contribution in [0.25, 0.3) is 0 Å². The van der Waals surface area contributed by atoms with Crippen molar-refractivity contribution in [3.63, 3.8) is 0 Å². The lowest BCUT2D eigenvalue weighted by molar-refractivity contribution is -0.127. The Balaban J connectivity index is 2.76. The molecular weight excluding hydrogens is 242 g/mol. The van der Waals surface area contributed by atoms with Gasteiger partial charge in [-0.15, -0.1) is 0 Å². The first-order valence-electron chi connectivity index (χ1n) is 4.88. The van der Waals surface area contributed by atoms with Gasteiger partial charge in [-0.3, -0.25) is 4.79 Å². The lowest BCUT2D eigenvalue weighted by atomic mass is 10.3. The van der Waals surface area contributed by atoms with Gasteiger partial charge in [0.2, 0.25) is 15.9 Å². The number of sulfonamides is 1. The van der Waals surface area contributed by atoms with E-state index < -0.39 is 10.0 Å². The minimum absolute atomic E-state index is 0.0817. The third-order valence-corrected chi connectivity index (χ3v) is 3.52. The molecule has 0 aliphatic rings. The number of hydrogen-bond acceptors (Lipinski definition) is 4. The van der Waals surface area contributed by atoms with E-state index >= 15 is 0 Å². The second-order valence-electron chi connectivity index (χ2n) is 3.68. The molecule has 0 heterocycles. The van der Waals surface area contributed by atoms with E-state index in [9.17, 15) is 13.2 Å². The molecule has 0 atom stereocenters. The summed E-state index contributed by atoms with van der Waals surface area (Å²) in [5, 5.41) is 0. The maximum Gasteiger partial charge on any atom is 0.241 e. The number of nitrogen functional groups attached to an aromatic ring is 1. The zero-order valence-corrected chi connectivity index (χ0v) is 10.5. The fourth-order valence-electron chi connectivity index (χ4n) is 1.05. The summed E-state index contributed by atoms with van der Waals surface area (Å²) in [7, 11) is -0.548. The lowest BCUT2D eigenvalue weighted by Crippen LogP contribution is -2.36. The van der Waals surface area contributed by atoms with Crippen molar-refractivity contribution in [3.8, 4) is 0 Å². The van der Waals surface area contributed by atoms with Gasteiger partial charge in [0.25, 0.3) is 0 Å². The predicted octanol–water partition coefficient (Wildman–Crippen LogP) is -0.365. The molecule has 0 unspecified atom stereocenters. The van der Waals surface area contributed by atoms with Gasteiger partial charge in [-0.2, -0.15) is 0 Å². The van der Waals surface area contributed by atoms with Crippen molar-refractivity contribution in [2.45, 2.75) is 4.90 Å². The Labute approximate surface area is 100 Å². The van der Waals surface area contributed by atoms with E-state index in [1.165, 1.54) is 29.2 Å². The Morgan fingerprint density at radius 3 is 2.29 bits per heavy atom. The van der Waals surface area contributed by atoms with E-state index in [4.69, 9.17) is 5.73 Å². The molecular formula is C10H15N3O3S.